The molecule has 5 heteroatoms. The topological polar surface area (TPSA) is 55.1 Å². The average molecular weight is 338 g/mol. The number of ketones is 1. The minimum absolute atomic E-state index is 0.0336. The van der Waals surface area contributed by atoms with Crippen LogP contribution in [0.25, 0.3) is 5.69 Å². The standard InChI is InChI=1S/C19H18N2O2S/c1-13-3-7-16(8-4-13)21-10-9-20-19(21)24-12-18(23)15-6-5-14(2)17(22)11-15/h3-11,22H,12H2,1-2H3. The SMILES string of the molecule is Cc1ccc(-n2ccnc2SCC(=O)c2ccc(C)c(O)c2)cc1. The molecule has 0 spiro atoms. The Morgan fingerprint density at radius 2 is 1.92 bits per heavy atom. The summed E-state index contributed by atoms with van der Waals surface area (Å²) in [5.74, 6) is 0.381. The first-order valence-corrected chi connectivity index (χ1v) is 8.59. The van der Waals surface area contributed by atoms with Crippen LogP contribution in [0, 0.1) is 13.8 Å². The second kappa shape index (κ2) is 6.93. The highest BCUT2D eigenvalue weighted by molar-refractivity contribution is 7.99. The third-order valence-electron chi connectivity index (χ3n) is 3.78. The first-order chi connectivity index (χ1) is 11.5. The van der Waals surface area contributed by atoms with Gasteiger partial charge < -0.3 is 5.11 Å². The molecule has 24 heavy (non-hydrogen) atoms. The van der Waals surface area contributed by atoms with Gasteiger partial charge in [-0.3, -0.25) is 9.36 Å². The van der Waals surface area contributed by atoms with Gasteiger partial charge in [-0.05, 0) is 37.6 Å². The highest BCUT2D eigenvalue weighted by Gasteiger charge is 2.12. The van der Waals surface area contributed by atoms with Crippen LogP contribution in [0.3, 0.4) is 0 Å². The van der Waals surface area contributed by atoms with E-state index in [9.17, 15) is 9.90 Å². The molecule has 122 valence electrons. The molecule has 1 aromatic heterocycles. The lowest BCUT2D eigenvalue weighted by Gasteiger charge is -2.08. The summed E-state index contributed by atoms with van der Waals surface area (Å²) in [7, 11) is 0. The zero-order valence-corrected chi connectivity index (χ0v) is 14.4. The molecular formula is C19H18N2O2S. The number of hydrogen-bond donors (Lipinski definition) is 1. The van der Waals surface area contributed by atoms with Crippen LogP contribution in [-0.4, -0.2) is 26.2 Å². The highest BCUT2D eigenvalue weighted by Crippen LogP contribution is 2.23. The van der Waals surface area contributed by atoms with Crippen molar-refractivity contribution in [3.05, 3.63) is 71.5 Å². The van der Waals surface area contributed by atoms with Crippen LogP contribution in [0.1, 0.15) is 21.5 Å². The van der Waals surface area contributed by atoms with Crippen LogP contribution >= 0.6 is 11.8 Å². The van der Waals surface area contributed by atoms with Crippen LogP contribution in [0.2, 0.25) is 0 Å². The van der Waals surface area contributed by atoms with Crippen molar-refractivity contribution in [2.24, 2.45) is 0 Å². The number of benzene rings is 2. The van der Waals surface area contributed by atoms with Crippen molar-refractivity contribution in [1.29, 1.82) is 0 Å². The Balaban J connectivity index is 1.73. The number of Topliss-reactive ketones (excluding diaryl/α,β-unsaturated/α-hetero) is 1. The van der Waals surface area contributed by atoms with E-state index in [0.717, 1.165) is 16.4 Å². The number of carbonyl (C=O) groups is 1. The molecular weight excluding hydrogens is 320 g/mol. The number of rotatable bonds is 5. The number of imidazole rings is 1. The van der Waals surface area contributed by atoms with Crippen molar-refractivity contribution < 1.29 is 9.90 Å². The first kappa shape index (κ1) is 16.3. The Kier molecular flexibility index (Phi) is 4.71. The maximum atomic E-state index is 12.3. The number of hydrogen-bond acceptors (Lipinski definition) is 4. The minimum atomic E-state index is -0.0336. The Morgan fingerprint density at radius 1 is 1.17 bits per heavy atom. The summed E-state index contributed by atoms with van der Waals surface area (Å²) >= 11 is 1.39. The quantitative estimate of drug-likeness (QED) is 0.560. The molecule has 0 radical (unpaired) electrons. The normalized spacial score (nSPS) is 10.8. The van der Waals surface area contributed by atoms with Gasteiger partial charge in [0, 0.05) is 23.6 Å². The Morgan fingerprint density at radius 3 is 2.62 bits per heavy atom. The van der Waals surface area contributed by atoms with E-state index in [0.29, 0.717) is 5.56 Å². The number of thioether (sulfide) groups is 1. The van der Waals surface area contributed by atoms with Gasteiger partial charge in [0.25, 0.3) is 0 Å². The van der Waals surface area contributed by atoms with Crippen LogP contribution in [0.5, 0.6) is 5.75 Å². The minimum Gasteiger partial charge on any atom is -0.508 e. The van der Waals surface area contributed by atoms with Gasteiger partial charge in [-0.2, -0.15) is 0 Å². The summed E-state index contributed by atoms with van der Waals surface area (Å²) < 4.78 is 1.96. The van der Waals surface area contributed by atoms with Crippen LogP contribution in [-0.2, 0) is 0 Å². The van der Waals surface area contributed by atoms with Crippen molar-refractivity contribution in [1.82, 2.24) is 9.55 Å². The lowest BCUT2D eigenvalue weighted by Crippen LogP contribution is -2.04. The van der Waals surface area contributed by atoms with Gasteiger partial charge in [0.1, 0.15) is 5.75 Å². The molecule has 0 fully saturated rings. The van der Waals surface area contributed by atoms with Gasteiger partial charge in [0.05, 0.1) is 5.75 Å². The summed E-state index contributed by atoms with van der Waals surface area (Å²) in [5.41, 5.74) is 3.48. The lowest BCUT2D eigenvalue weighted by atomic mass is 10.1. The van der Waals surface area contributed by atoms with Gasteiger partial charge in [-0.25, -0.2) is 4.98 Å². The predicted octanol–water partition coefficient (Wildman–Crippen LogP) is 4.17. The molecule has 0 saturated carbocycles. The van der Waals surface area contributed by atoms with Gasteiger partial charge in [0.2, 0.25) is 0 Å². The number of aromatic nitrogens is 2. The molecule has 0 aliphatic heterocycles. The van der Waals surface area contributed by atoms with E-state index in [-0.39, 0.29) is 17.3 Å². The number of nitrogens with zero attached hydrogens (tertiary/aromatic N) is 2. The van der Waals surface area contributed by atoms with Crippen LogP contribution in [0.4, 0.5) is 0 Å². The zero-order valence-electron chi connectivity index (χ0n) is 13.6. The van der Waals surface area contributed by atoms with E-state index in [1.54, 1.807) is 25.3 Å². The molecule has 4 nitrogen and oxygen atoms in total. The molecule has 1 heterocycles. The van der Waals surface area contributed by atoms with E-state index < -0.39 is 0 Å². The second-order valence-electron chi connectivity index (χ2n) is 5.63. The third kappa shape index (κ3) is 3.51. The van der Waals surface area contributed by atoms with E-state index in [2.05, 4.69) is 4.98 Å². The number of carbonyl (C=O) groups excluding carboxylic acids is 1. The molecule has 0 bridgehead atoms. The fraction of sp³-hybridized carbons (Fsp3) is 0.158. The number of aromatic hydroxyl groups is 1. The van der Waals surface area contributed by atoms with Crippen LogP contribution < -0.4 is 0 Å². The molecule has 0 atom stereocenters. The van der Waals surface area contributed by atoms with E-state index in [1.165, 1.54) is 23.4 Å². The van der Waals surface area contributed by atoms with Crippen molar-refractivity contribution in [2.45, 2.75) is 19.0 Å². The molecule has 2 aromatic carbocycles. The lowest BCUT2D eigenvalue weighted by molar-refractivity contribution is 0.102. The van der Waals surface area contributed by atoms with Crippen molar-refractivity contribution in [3.8, 4) is 11.4 Å². The molecule has 1 N–H and O–H groups in total. The highest BCUT2D eigenvalue weighted by atomic mass is 32.2. The Labute approximate surface area is 145 Å². The largest absolute Gasteiger partial charge is 0.508 e. The molecule has 0 unspecified atom stereocenters. The summed E-state index contributed by atoms with van der Waals surface area (Å²) in [5, 5.41) is 10.5. The fourth-order valence-electron chi connectivity index (χ4n) is 2.29. The summed E-state index contributed by atoms with van der Waals surface area (Å²) in [6.07, 6.45) is 3.61. The smallest absolute Gasteiger partial charge is 0.173 e. The van der Waals surface area contributed by atoms with E-state index in [4.69, 9.17) is 0 Å². The molecule has 0 amide bonds. The van der Waals surface area contributed by atoms with Crippen LogP contribution in [0.15, 0.2) is 60.0 Å². The summed E-state index contributed by atoms with van der Waals surface area (Å²) in [4.78, 5) is 16.7. The molecule has 0 saturated heterocycles. The van der Waals surface area contributed by atoms with Crippen molar-refractivity contribution in [2.75, 3.05) is 5.75 Å². The van der Waals surface area contributed by atoms with E-state index in [1.807, 2.05) is 42.0 Å². The molecule has 0 aliphatic carbocycles. The monoisotopic (exact) mass is 338 g/mol. The molecule has 0 aliphatic rings. The zero-order chi connectivity index (χ0) is 17.1. The van der Waals surface area contributed by atoms with Gasteiger partial charge >= 0.3 is 0 Å². The average Bonchev–Trinajstić information content (AvgIpc) is 3.04. The second-order valence-corrected chi connectivity index (χ2v) is 6.57. The predicted molar refractivity (Wildman–Crippen MR) is 96.2 cm³/mol. The first-order valence-electron chi connectivity index (χ1n) is 7.60. The third-order valence-corrected chi connectivity index (χ3v) is 4.75. The molecule has 3 aromatic rings. The van der Waals surface area contributed by atoms with Gasteiger partial charge in [-0.1, -0.05) is 41.6 Å². The van der Waals surface area contributed by atoms with Crippen molar-refractivity contribution >= 4 is 17.5 Å². The number of aryl methyl sites for hydroxylation is 2. The number of phenols is 1. The summed E-state index contributed by atoms with van der Waals surface area (Å²) in [6.45, 7) is 3.85. The van der Waals surface area contributed by atoms with Gasteiger partial charge in [0.15, 0.2) is 10.9 Å². The van der Waals surface area contributed by atoms with Crippen molar-refractivity contribution in [3.63, 3.8) is 0 Å². The maximum Gasteiger partial charge on any atom is 0.173 e. The fourth-order valence-corrected chi connectivity index (χ4v) is 3.16. The Bertz CT molecular complexity index is 869. The molecule has 3 rings (SSSR count). The van der Waals surface area contributed by atoms with Gasteiger partial charge in [-0.15, -0.1) is 0 Å². The Hall–Kier alpha value is -2.53. The maximum absolute atomic E-state index is 12.3. The van der Waals surface area contributed by atoms with E-state index >= 15 is 0 Å². The number of phenolic OH excluding ortho intramolecular Hbond substituents is 1. The summed E-state index contributed by atoms with van der Waals surface area (Å²) in [6, 6.07) is 13.2.